The normalized spacial score (nSPS) is 11.6. The summed E-state index contributed by atoms with van der Waals surface area (Å²) >= 11 is 0. The van der Waals surface area contributed by atoms with E-state index in [2.05, 4.69) is 14.7 Å². The number of nitrogens with one attached hydrogen (secondary N) is 2. The number of nitrogens with zero attached hydrogens (tertiary/aromatic N) is 1. The number of rotatable bonds is 5. The van der Waals surface area contributed by atoms with Gasteiger partial charge in [-0.05, 0) is 18.6 Å². The Morgan fingerprint density at radius 2 is 2.11 bits per heavy atom. The zero-order valence-corrected chi connectivity index (χ0v) is 10.9. The molecule has 0 saturated carbocycles. The van der Waals surface area contributed by atoms with Crippen LogP contribution in [0.1, 0.15) is 11.4 Å². The molecule has 0 unspecified atom stereocenters. The smallest absolute Gasteiger partial charge is 0.240 e. The number of aryl methyl sites for hydroxylation is 1. The van der Waals surface area contributed by atoms with Gasteiger partial charge in [0.1, 0.15) is 5.82 Å². The molecule has 0 spiro atoms. The molecule has 2 aromatic rings. The number of sulfonamides is 1. The second-order valence-electron chi connectivity index (χ2n) is 3.95. The maximum atomic E-state index is 12.0. The molecule has 0 fully saturated rings. The third-order valence-corrected chi connectivity index (χ3v) is 4.21. The predicted molar refractivity (Wildman–Crippen MR) is 68.7 cm³/mol. The Hall–Kier alpha value is -1.66. The molecule has 1 aromatic heterocycles. The molecule has 2 rings (SSSR count). The number of aromatic nitrogens is 2. The van der Waals surface area contributed by atoms with Crippen LogP contribution in [0, 0.1) is 6.92 Å². The molecule has 0 bridgehead atoms. The summed E-state index contributed by atoms with van der Waals surface area (Å²) in [6.07, 6.45) is 3.90. The highest BCUT2D eigenvalue weighted by Crippen LogP contribution is 2.13. The summed E-state index contributed by atoms with van der Waals surface area (Å²) in [7, 11) is -3.44. The van der Waals surface area contributed by atoms with Crippen molar-refractivity contribution in [3.8, 4) is 0 Å². The molecular formula is C12H15N3O2S. The van der Waals surface area contributed by atoms with Crippen LogP contribution < -0.4 is 4.72 Å². The molecular weight excluding hydrogens is 250 g/mol. The fourth-order valence-electron chi connectivity index (χ4n) is 1.67. The van der Waals surface area contributed by atoms with E-state index in [4.69, 9.17) is 0 Å². The van der Waals surface area contributed by atoms with E-state index in [1.54, 1.807) is 37.5 Å². The number of H-pyrrole nitrogens is 1. The summed E-state index contributed by atoms with van der Waals surface area (Å²) in [6.45, 7) is 2.10. The lowest BCUT2D eigenvalue weighted by Gasteiger charge is -2.08. The summed E-state index contributed by atoms with van der Waals surface area (Å²) in [5.74, 6) is 0.766. The van der Waals surface area contributed by atoms with Crippen molar-refractivity contribution in [2.45, 2.75) is 18.2 Å². The average molecular weight is 265 g/mol. The first-order valence-corrected chi connectivity index (χ1v) is 7.11. The lowest BCUT2D eigenvalue weighted by atomic mass is 10.2. The Morgan fingerprint density at radius 3 is 2.78 bits per heavy atom. The first kappa shape index (κ1) is 12.8. The van der Waals surface area contributed by atoms with Gasteiger partial charge in [-0.1, -0.05) is 18.2 Å². The molecule has 0 radical (unpaired) electrons. The Balaban J connectivity index is 2.02. The molecule has 1 aromatic carbocycles. The van der Waals surface area contributed by atoms with E-state index in [-0.39, 0.29) is 0 Å². The van der Waals surface area contributed by atoms with Gasteiger partial charge in [0.05, 0.1) is 4.90 Å². The van der Waals surface area contributed by atoms with Crippen molar-refractivity contribution < 1.29 is 8.42 Å². The SMILES string of the molecule is Cc1ccccc1S(=O)(=O)NCCc1ncc[nH]1. The second-order valence-corrected chi connectivity index (χ2v) is 5.68. The van der Waals surface area contributed by atoms with Crippen molar-refractivity contribution in [3.63, 3.8) is 0 Å². The van der Waals surface area contributed by atoms with Gasteiger partial charge in [0.2, 0.25) is 10.0 Å². The minimum Gasteiger partial charge on any atom is -0.349 e. The third-order valence-electron chi connectivity index (χ3n) is 2.59. The van der Waals surface area contributed by atoms with Gasteiger partial charge in [0.25, 0.3) is 0 Å². The van der Waals surface area contributed by atoms with Crippen molar-refractivity contribution in [3.05, 3.63) is 48.0 Å². The Bertz CT molecular complexity index is 606. The highest BCUT2D eigenvalue weighted by molar-refractivity contribution is 7.89. The maximum absolute atomic E-state index is 12.0. The average Bonchev–Trinajstić information content (AvgIpc) is 2.82. The van der Waals surface area contributed by atoms with Gasteiger partial charge in [-0.15, -0.1) is 0 Å². The molecule has 0 saturated heterocycles. The fraction of sp³-hybridized carbons (Fsp3) is 0.250. The minimum absolute atomic E-state index is 0.324. The van der Waals surface area contributed by atoms with E-state index in [0.29, 0.717) is 17.9 Å². The molecule has 18 heavy (non-hydrogen) atoms. The Morgan fingerprint density at radius 1 is 1.33 bits per heavy atom. The molecule has 0 amide bonds. The molecule has 0 aliphatic rings. The van der Waals surface area contributed by atoms with Gasteiger partial charge >= 0.3 is 0 Å². The number of aromatic amines is 1. The van der Waals surface area contributed by atoms with Gasteiger partial charge in [-0.3, -0.25) is 0 Å². The fourth-order valence-corrected chi connectivity index (χ4v) is 2.95. The number of hydrogen-bond donors (Lipinski definition) is 2. The summed E-state index contributed by atoms with van der Waals surface area (Å²) in [5, 5.41) is 0. The minimum atomic E-state index is -3.44. The van der Waals surface area contributed by atoms with E-state index in [9.17, 15) is 8.42 Å². The van der Waals surface area contributed by atoms with Crippen molar-refractivity contribution in [2.24, 2.45) is 0 Å². The largest absolute Gasteiger partial charge is 0.349 e. The molecule has 0 aliphatic carbocycles. The zero-order valence-electron chi connectivity index (χ0n) is 10.1. The summed E-state index contributed by atoms with van der Waals surface area (Å²) in [5.41, 5.74) is 0.739. The Labute approximate surface area is 106 Å². The first-order valence-electron chi connectivity index (χ1n) is 5.63. The molecule has 96 valence electrons. The number of benzene rings is 1. The van der Waals surface area contributed by atoms with E-state index < -0.39 is 10.0 Å². The van der Waals surface area contributed by atoms with Crippen LogP contribution in [-0.4, -0.2) is 24.9 Å². The summed E-state index contributed by atoms with van der Waals surface area (Å²) in [6, 6.07) is 6.91. The molecule has 2 N–H and O–H groups in total. The topological polar surface area (TPSA) is 74.8 Å². The van der Waals surface area contributed by atoms with Crippen molar-refractivity contribution >= 4 is 10.0 Å². The quantitative estimate of drug-likeness (QED) is 0.854. The van der Waals surface area contributed by atoms with Gasteiger partial charge in [0.15, 0.2) is 0 Å². The van der Waals surface area contributed by atoms with Crippen molar-refractivity contribution in [2.75, 3.05) is 6.54 Å². The summed E-state index contributed by atoms with van der Waals surface area (Å²) in [4.78, 5) is 7.29. The van der Waals surface area contributed by atoms with Gasteiger partial charge in [0, 0.05) is 25.4 Å². The highest BCUT2D eigenvalue weighted by Gasteiger charge is 2.15. The van der Waals surface area contributed by atoms with Crippen LogP contribution in [0.15, 0.2) is 41.6 Å². The third kappa shape index (κ3) is 2.96. The van der Waals surface area contributed by atoms with Crippen LogP contribution in [-0.2, 0) is 16.4 Å². The van der Waals surface area contributed by atoms with E-state index >= 15 is 0 Å². The number of hydrogen-bond acceptors (Lipinski definition) is 3. The molecule has 1 heterocycles. The molecule has 6 heteroatoms. The van der Waals surface area contributed by atoms with Crippen LogP contribution >= 0.6 is 0 Å². The lowest BCUT2D eigenvalue weighted by molar-refractivity contribution is 0.580. The van der Waals surface area contributed by atoms with Crippen molar-refractivity contribution in [1.29, 1.82) is 0 Å². The van der Waals surface area contributed by atoms with Crippen LogP contribution in [0.25, 0.3) is 0 Å². The monoisotopic (exact) mass is 265 g/mol. The van der Waals surface area contributed by atoms with E-state index in [1.807, 2.05) is 6.07 Å². The zero-order chi connectivity index (χ0) is 13.0. The van der Waals surface area contributed by atoms with Crippen molar-refractivity contribution in [1.82, 2.24) is 14.7 Å². The maximum Gasteiger partial charge on any atom is 0.240 e. The second kappa shape index (κ2) is 5.32. The van der Waals surface area contributed by atoms with Crippen LogP contribution in [0.3, 0.4) is 0 Å². The van der Waals surface area contributed by atoms with Crippen LogP contribution in [0.5, 0.6) is 0 Å². The van der Waals surface area contributed by atoms with Gasteiger partial charge in [-0.2, -0.15) is 0 Å². The standard InChI is InChI=1S/C12H15N3O2S/c1-10-4-2-3-5-11(10)18(16,17)15-7-6-12-13-8-9-14-12/h2-5,8-9,15H,6-7H2,1H3,(H,13,14). The van der Waals surface area contributed by atoms with E-state index in [0.717, 1.165) is 11.4 Å². The van der Waals surface area contributed by atoms with Gasteiger partial charge in [-0.25, -0.2) is 18.1 Å². The molecule has 0 atom stereocenters. The summed E-state index contributed by atoms with van der Waals surface area (Å²) < 4.78 is 26.6. The molecule has 5 nitrogen and oxygen atoms in total. The van der Waals surface area contributed by atoms with Crippen LogP contribution in [0.4, 0.5) is 0 Å². The molecule has 0 aliphatic heterocycles. The van der Waals surface area contributed by atoms with Crippen LogP contribution in [0.2, 0.25) is 0 Å². The lowest BCUT2D eigenvalue weighted by Crippen LogP contribution is -2.26. The Kier molecular flexibility index (Phi) is 3.78. The first-order chi connectivity index (χ1) is 8.59. The van der Waals surface area contributed by atoms with E-state index in [1.165, 1.54) is 0 Å². The number of imidazole rings is 1. The predicted octanol–water partition coefficient (Wildman–Crippen LogP) is 1.24. The highest BCUT2D eigenvalue weighted by atomic mass is 32.2. The van der Waals surface area contributed by atoms with Gasteiger partial charge < -0.3 is 4.98 Å².